The summed E-state index contributed by atoms with van der Waals surface area (Å²) in [6.45, 7) is 5.37. The van der Waals surface area contributed by atoms with E-state index in [4.69, 9.17) is 18.5 Å². The predicted octanol–water partition coefficient (Wildman–Crippen LogP) is 1.30. The first-order valence-corrected chi connectivity index (χ1v) is 21.2. The molecule has 0 spiro atoms. The van der Waals surface area contributed by atoms with Crippen LogP contribution in [0.2, 0.25) is 0 Å². The number of esters is 1. The summed E-state index contributed by atoms with van der Waals surface area (Å²) in [6.07, 6.45) is 2.69. The lowest BCUT2D eigenvalue weighted by Crippen LogP contribution is -2.85. The Morgan fingerprint density at radius 1 is 0.865 bits per heavy atom. The van der Waals surface area contributed by atoms with Gasteiger partial charge < -0.3 is 50.6 Å². The van der Waals surface area contributed by atoms with Gasteiger partial charge in [-0.3, -0.25) is 19.0 Å². The summed E-state index contributed by atoms with van der Waals surface area (Å²) in [6, 6.07) is -0.391. The number of aliphatic hydroxyl groups is 3. The maximum absolute atomic E-state index is 13.4. The molecule has 52 heavy (non-hydrogen) atoms. The summed E-state index contributed by atoms with van der Waals surface area (Å²) < 4.78 is 34.6. The van der Waals surface area contributed by atoms with Crippen molar-refractivity contribution in [2.75, 3.05) is 25.2 Å². The second kappa shape index (κ2) is 15.0. The molecule has 5 aliphatic heterocycles. The van der Waals surface area contributed by atoms with Crippen LogP contribution < -0.4 is 21.3 Å². The van der Waals surface area contributed by atoms with Gasteiger partial charge in [0.25, 0.3) is 0 Å². The Labute approximate surface area is 311 Å². The Hall–Kier alpha value is -1.83. The van der Waals surface area contributed by atoms with Gasteiger partial charge in [-0.1, -0.05) is 12.8 Å². The molecule has 5 rings (SSSR count). The molecule has 5 heterocycles. The maximum Gasteiger partial charge on any atom is 0.529 e. The summed E-state index contributed by atoms with van der Waals surface area (Å²) >= 11 is 3.43. The number of amides is 4. The average Bonchev–Trinajstić information content (AvgIpc) is 3.81. The van der Waals surface area contributed by atoms with Crippen LogP contribution in [0.5, 0.6) is 0 Å². The van der Waals surface area contributed by atoms with E-state index in [9.17, 15) is 44.0 Å². The third kappa shape index (κ3) is 7.55. The molecule has 6 unspecified atom stereocenters. The van der Waals surface area contributed by atoms with Crippen molar-refractivity contribution in [2.24, 2.45) is 5.92 Å². The van der Waals surface area contributed by atoms with Crippen molar-refractivity contribution in [2.45, 2.75) is 142 Å². The molecule has 5 aliphatic rings. The number of methoxy groups -OCH3 is 1. The van der Waals surface area contributed by atoms with Crippen molar-refractivity contribution in [3.63, 3.8) is 0 Å². The predicted molar refractivity (Wildman–Crippen MR) is 190 cm³/mol. The molecular formula is C32H53N4O13PS2. The van der Waals surface area contributed by atoms with Gasteiger partial charge in [0.1, 0.15) is 28.0 Å². The summed E-state index contributed by atoms with van der Waals surface area (Å²) in [7, 11) is -3.91. The van der Waals surface area contributed by atoms with Crippen LogP contribution in [0.4, 0.5) is 9.59 Å². The van der Waals surface area contributed by atoms with Crippen LogP contribution in [0, 0.1) is 5.92 Å². The fraction of sp³-hybridized carbons (Fsp3) is 0.875. The third-order valence-corrected chi connectivity index (χ3v) is 16.1. The Morgan fingerprint density at radius 3 is 1.94 bits per heavy atom. The first-order valence-electron chi connectivity index (χ1n) is 17.6. The van der Waals surface area contributed by atoms with E-state index < -0.39 is 60.3 Å². The van der Waals surface area contributed by atoms with Crippen molar-refractivity contribution in [3.8, 4) is 0 Å². The number of carbonyl (C=O) groups excluding carboxylic acids is 4. The number of urea groups is 2. The first kappa shape index (κ1) is 41.3. The SMILES string of the molecule is COC(=O)C(CCCC1SC[C@@H]2NC(=O)N[C@H]12)[C@@]1(C)OC(C)(COP(=O)(O)OC(=O)CCCC[C@@H]2SC[C@@H]3NC(=O)N[C@@H]32)[C@@](C)(O)C(C)(O)C1(C)O. The molecule has 296 valence electrons. The fourth-order valence-electron chi connectivity index (χ4n) is 8.31. The number of hydrogen-bond donors (Lipinski definition) is 8. The van der Waals surface area contributed by atoms with Crippen molar-refractivity contribution < 1.29 is 62.5 Å². The van der Waals surface area contributed by atoms with E-state index in [0.29, 0.717) is 25.7 Å². The van der Waals surface area contributed by atoms with E-state index in [0.717, 1.165) is 17.9 Å². The number of fused-ring (bicyclic) bond motifs is 2. The number of unbranched alkanes of at least 4 members (excludes halogenated alkanes) is 1. The summed E-state index contributed by atoms with van der Waals surface area (Å²) in [5.74, 6) is -1.40. The van der Waals surface area contributed by atoms with E-state index in [1.54, 1.807) is 23.5 Å². The number of ether oxygens (including phenoxy) is 2. The number of nitrogens with one attached hydrogen (secondary N) is 4. The van der Waals surface area contributed by atoms with Crippen LogP contribution in [0.3, 0.4) is 0 Å². The molecule has 17 nitrogen and oxygen atoms in total. The summed E-state index contributed by atoms with van der Waals surface area (Å²) in [5, 5.41) is 47.5. The normalized spacial score (nSPS) is 42.6. The quantitative estimate of drug-likeness (QED) is 0.0504. The zero-order valence-corrected chi connectivity index (χ0v) is 32.9. The maximum atomic E-state index is 13.4. The Kier molecular flexibility index (Phi) is 11.9. The highest BCUT2D eigenvalue weighted by Crippen LogP contribution is 2.58. The molecule has 0 aromatic carbocycles. The van der Waals surface area contributed by atoms with Crippen LogP contribution in [0.1, 0.15) is 79.6 Å². The molecule has 20 heteroatoms. The van der Waals surface area contributed by atoms with E-state index in [-0.39, 0.29) is 59.6 Å². The van der Waals surface area contributed by atoms with E-state index >= 15 is 0 Å². The van der Waals surface area contributed by atoms with Crippen molar-refractivity contribution >= 4 is 55.3 Å². The molecule has 5 fully saturated rings. The highest BCUT2D eigenvalue weighted by atomic mass is 32.2. The summed E-state index contributed by atoms with van der Waals surface area (Å²) in [5.41, 5.74) is -11.1. The number of rotatable bonds is 15. The number of phosphoric ester groups is 1. The lowest BCUT2D eigenvalue weighted by Gasteiger charge is -2.67. The van der Waals surface area contributed by atoms with E-state index in [1.165, 1.54) is 41.7 Å². The molecule has 0 radical (unpaired) electrons. The zero-order valence-electron chi connectivity index (χ0n) is 30.3. The Balaban J connectivity index is 1.22. The highest BCUT2D eigenvalue weighted by molar-refractivity contribution is 8.00. The smallest absolute Gasteiger partial charge is 0.469 e. The lowest BCUT2D eigenvalue weighted by atomic mass is 9.55. The topological polar surface area (TPSA) is 251 Å². The Morgan fingerprint density at radius 2 is 1.40 bits per heavy atom. The molecule has 13 atom stereocenters. The molecular weight excluding hydrogens is 743 g/mol. The number of carbonyl (C=O) groups is 4. The lowest BCUT2D eigenvalue weighted by molar-refractivity contribution is -0.409. The van der Waals surface area contributed by atoms with Gasteiger partial charge in [0, 0.05) is 28.4 Å². The van der Waals surface area contributed by atoms with Crippen LogP contribution >= 0.6 is 31.3 Å². The second-order valence-corrected chi connectivity index (χ2v) is 19.3. The van der Waals surface area contributed by atoms with Gasteiger partial charge in [-0.25, -0.2) is 14.2 Å². The minimum absolute atomic E-state index is 0.00361. The van der Waals surface area contributed by atoms with E-state index in [1.807, 2.05) is 0 Å². The zero-order chi connectivity index (χ0) is 38.5. The van der Waals surface area contributed by atoms with Gasteiger partial charge in [-0.15, -0.1) is 0 Å². The molecule has 0 aliphatic carbocycles. The van der Waals surface area contributed by atoms with Gasteiger partial charge in [-0.2, -0.15) is 23.5 Å². The third-order valence-electron chi connectivity index (χ3n) is 12.2. The van der Waals surface area contributed by atoms with Gasteiger partial charge >= 0.3 is 31.8 Å². The minimum atomic E-state index is -5.09. The molecule has 0 bridgehead atoms. The standard InChI is InChI=1S/C32H53N4O13PS2/c1-28(16-47-50(44,45)48-22(37)13-8-7-11-20-23-18(14-51-20)33-26(39)35-23)30(3,41)32(5,43)31(4,42)29(2,49-28)17(25(38)46-6)10-9-12-21-24-19(15-52-21)34-27(40)36-24/h17-21,23-24,41-43H,7-16H2,1-6H3,(H,44,45)(H2,33,35,39)(H2,34,36,40)/t17?,18-,19-,20-,21?,23-,24-,28?,29+,30+,31?,32?/m0/s1. The number of phosphoric acid groups is 1. The Bertz CT molecular complexity index is 1450. The number of thioether (sulfide) groups is 2. The van der Waals surface area contributed by atoms with Gasteiger partial charge in [0.05, 0.1) is 43.8 Å². The largest absolute Gasteiger partial charge is 0.529 e. The van der Waals surface area contributed by atoms with Crippen LogP contribution in [0.25, 0.3) is 0 Å². The fourth-order valence-corrected chi connectivity index (χ4v) is 12.2. The van der Waals surface area contributed by atoms with Crippen molar-refractivity contribution in [1.82, 2.24) is 21.3 Å². The minimum Gasteiger partial charge on any atom is -0.469 e. The highest BCUT2D eigenvalue weighted by Gasteiger charge is 2.76. The molecule has 4 amide bonds. The molecule has 5 saturated heterocycles. The average molecular weight is 797 g/mol. The van der Waals surface area contributed by atoms with Crippen LogP contribution in [0.15, 0.2) is 0 Å². The monoisotopic (exact) mass is 796 g/mol. The van der Waals surface area contributed by atoms with Crippen LogP contribution in [-0.2, 0) is 32.7 Å². The van der Waals surface area contributed by atoms with Crippen molar-refractivity contribution in [3.05, 3.63) is 0 Å². The molecule has 0 aromatic heterocycles. The molecule has 0 aromatic rings. The van der Waals surface area contributed by atoms with Crippen molar-refractivity contribution in [1.29, 1.82) is 0 Å². The first-order chi connectivity index (χ1) is 24.1. The summed E-state index contributed by atoms with van der Waals surface area (Å²) in [4.78, 5) is 60.0. The van der Waals surface area contributed by atoms with Gasteiger partial charge in [-0.05, 0) is 60.3 Å². The second-order valence-electron chi connectivity index (χ2n) is 15.4. The van der Waals surface area contributed by atoms with Crippen LogP contribution in [-0.4, -0.2) is 132 Å². The van der Waals surface area contributed by atoms with Gasteiger partial charge in [0.2, 0.25) is 0 Å². The molecule has 0 saturated carbocycles. The van der Waals surface area contributed by atoms with E-state index in [2.05, 4.69) is 21.3 Å². The van der Waals surface area contributed by atoms with Gasteiger partial charge in [0.15, 0.2) is 0 Å². The number of hydrogen-bond acceptors (Lipinski definition) is 14. The molecule has 8 N–H and O–H groups in total.